The summed E-state index contributed by atoms with van der Waals surface area (Å²) in [4.78, 5) is 45.0. The Hall–Kier alpha value is -3.97. The zero-order chi connectivity index (χ0) is 29.5. The maximum atomic E-state index is 13.9. The van der Waals surface area contributed by atoms with Gasteiger partial charge in [-0.25, -0.2) is 0 Å². The molecule has 2 atom stereocenters. The monoisotopic (exact) mass is 566 g/mol. The molecule has 7 heteroatoms. The Morgan fingerprint density at radius 3 is 2.26 bits per heavy atom. The largest absolute Gasteiger partial charge is 0.351 e. The lowest BCUT2D eigenvalue weighted by Gasteiger charge is -2.52. The Morgan fingerprint density at radius 1 is 0.929 bits per heavy atom. The first-order chi connectivity index (χ1) is 20.4. The van der Waals surface area contributed by atoms with E-state index < -0.39 is 17.6 Å². The Labute approximate surface area is 249 Å². The fourth-order valence-electron chi connectivity index (χ4n) is 6.44. The minimum Gasteiger partial charge on any atom is -0.351 e. The molecular weight excluding hydrogens is 524 g/mol. The van der Waals surface area contributed by atoms with Gasteiger partial charge < -0.3 is 20.4 Å². The third-order valence-corrected chi connectivity index (χ3v) is 8.79. The van der Waals surface area contributed by atoms with Crippen molar-refractivity contribution in [1.29, 1.82) is 0 Å². The minimum absolute atomic E-state index is 0.0984. The molecule has 3 aromatic carbocycles. The number of carbonyl (C=O) groups is 3. The quantitative estimate of drug-likeness (QED) is 0.385. The van der Waals surface area contributed by atoms with Gasteiger partial charge >= 0.3 is 0 Å². The van der Waals surface area contributed by atoms with Gasteiger partial charge in [0.25, 0.3) is 0 Å². The van der Waals surface area contributed by atoms with Crippen LogP contribution in [0.4, 0.5) is 0 Å². The van der Waals surface area contributed by atoms with Gasteiger partial charge in [0.2, 0.25) is 17.7 Å². The Kier molecular flexibility index (Phi) is 9.38. The second-order valence-corrected chi connectivity index (χ2v) is 11.6. The molecule has 0 radical (unpaired) electrons. The summed E-state index contributed by atoms with van der Waals surface area (Å²) in [7, 11) is 0. The molecule has 7 nitrogen and oxygen atoms in total. The number of likely N-dealkylation sites (tertiary alicyclic amines) is 1. The SMILES string of the molecule is CCCN1C(=O)[C@H](C(C)NC(=O)Cc2ccccc2-c2ccccc2)NC(=O)C12CCN(CCc1ccccc1)CC2. The normalized spacial score (nSPS) is 19.4. The van der Waals surface area contributed by atoms with Crippen molar-refractivity contribution in [2.45, 2.75) is 63.6 Å². The van der Waals surface area contributed by atoms with Crippen LogP contribution in [0.3, 0.4) is 0 Å². The first-order valence-electron chi connectivity index (χ1n) is 15.2. The number of nitrogens with zero attached hydrogens (tertiary/aromatic N) is 2. The van der Waals surface area contributed by atoms with Gasteiger partial charge in [-0.3, -0.25) is 14.4 Å². The lowest BCUT2D eigenvalue weighted by molar-refractivity contribution is -0.162. The Balaban J connectivity index is 1.22. The molecule has 0 bridgehead atoms. The van der Waals surface area contributed by atoms with Gasteiger partial charge in [0.1, 0.15) is 11.6 Å². The molecule has 2 heterocycles. The van der Waals surface area contributed by atoms with Crippen molar-refractivity contribution in [3.05, 3.63) is 96.1 Å². The fraction of sp³-hybridized carbons (Fsp3) is 0.400. The molecule has 0 aliphatic carbocycles. The summed E-state index contributed by atoms with van der Waals surface area (Å²) >= 11 is 0. The first-order valence-corrected chi connectivity index (χ1v) is 15.2. The highest BCUT2D eigenvalue weighted by molar-refractivity contribution is 6.00. The highest BCUT2D eigenvalue weighted by atomic mass is 16.2. The number of hydrogen-bond acceptors (Lipinski definition) is 4. The third kappa shape index (κ3) is 6.41. The molecule has 2 saturated heterocycles. The van der Waals surface area contributed by atoms with Crippen molar-refractivity contribution >= 4 is 17.7 Å². The van der Waals surface area contributed by atoms with Crippen LogP contribution < -0.4 is 10.6 Å². The van der Waals surface area contributed by atoms with Gasteiger partial charge in [-0.1, -0.05) is 91.9 Å². The lowest BCUT2D eigenvalue weighted by Crippen LogP contribution is -2.75. The molecule has 1 unspecified atom stereocenters. The number of rotatable bonds is 10. The predicted molar refractivity (Wildman–Crippen MR) is 166 cm³/mol. The number of piperidine rings is 1. The van der Waals surface area contributed by atoms with Gasteiger partial charge in [-0.15, -0.1) is 0 Å². The zero-order valence-corrected chi connectivity index (χ0v) is 24.7. The summed E-state index contributed by atoms with van der Waals surface area (Å²) < 4.78 is 0. The molecular formula is C35H42N4O3. The maximum absolute atomic E-state index is 13.9. The number of benzene rings is 3. The van der Waals surface area contributed by atoms with Crippen molar-refractivity contribution in [2.24, 2.45) is 0 Å². The molecule has 220 valence electrons. The van der Waals surface area contributed by atoms with Crippen molar-refractivity contribution in [3.63, 3.8) is 0 Å². The second-order valence-electron chi connectivity index (χ2n) is 11.6. The summed E-state index contributed by atoms with van der Waals surface area (Å²) in [5.41, 5.74) is 3.45. The van der Waals surface area contributed by atoms with E-state index in [1.54, 1.807) is 6.92 Å². The van der Waals surface area contributed by atoms with Crippen molar-refractivity contribution in [3.8, 4) is 11.1 Å². The van der Waals surface area contributed by atoms with E-state index in [9.17, 15) is 14.4 Å². The summed E-state index contributed by atoms with van der Waals surface area (Å²) in [6.07, 6.45) is 3.15. The van der Waals surface area contributed by atoms with Gasteiger partial charge in [0, 0.05) is 26.2 Å². The minimum atomic E-state index is -0.828. The van der Waals surface area contributed by atoms with Crippen LogP contribution in [0.25, 0.3) is 11.1 Å². The zero-order valence-electron chi connectivity index (χ0n) is 24.7. The van der Waals surface area contributed by atoms with Gasteiger partial charge in [-0.05, 0) is 54.9 Å². The predicted octanol–water partition coefficient (Wildman–Crippen LogP) is 4.22. The number of piperazine rings is 1. The van der Waals surface area contributed by atoms with Gasteiger partial charge in [0.15, 0.2) is 0 Å². The van der Waals surface area contributed by atoms with E-state index in [1.165, 1.54) is 5.56 Å². The van der Waals surface area contributed by atoms with E-state index in [2.05, 4.69) is 39.8 Å². The maximum Gasteiger partial charge on any atom is 0.248 e. The van der Waals surface area contributed by atoms with E-state index in [0.29, 0.717) is 19.4 Å². The topological polar surface area (TPSA) is 81.8 Å². The van der Waals surface area contributed by atoms with Crippen molar-refractivity contribution < 1.29 is 14.4 Å². The molecule has 2 fully saturated rings. The van der Waals surface area contributed by atoms with E-state index in [4.69, 9.17) is 0 Å². The van der Waals surface area contributed by atoms with E-state index >= 15 is 0 Å². The number of nitrogens with one attached hydrogen (secondary N) is 2. The van der Waals surface area contributed by atoms with E-state index in [0.717, 1.165) is 49.2 Å². The molecule has 42 heavy (non-hydrogen) atoms. The summed E-state index contributed by atoms with van der Waals surface area (Å²) in [6, 6.07) is 27.0. The molecule has 1 spiro atoms. The van der Waals surface area contributed by atoms with Crippen molar-refractivity contribution in [2.75, 3.05) is 26.2 Å². The average molecular weight is 567 g/mol. The van der Waals surface area contributed by atoms with Gasteiger partial charge in [0.05, 0.1) is 12.5 Å². The van der Waals surface area contributed by atoms with Gasteiger partial charge in [-0.2, -0.15) is 0 Å². The molecule has 3 amide bonds. The summed E-state index contributed by atoms with van der Waals surface area (Å²) in [6.45, 7) is 6.84. The lowest BCUT2D eigenvalue weighted by atomic mass is 9.81. The molecule has 2 aliphatic heterocycles. The van der Waals surface area contributed by atoms with Crippen LogP contribution in [0.5, 0.6) is 0 Å². The average Bonchev–Trinajstić information content (AvgIpc) is 3.02. The van der Waals surface area contributed by atoms with Crippen LogP contribution in [-0.2, 0) is 27.2 Å². The summed E-state index contributed by atoms with van der Waals surface area (Å²) in [5.74, 6) is -0.382. The smallest absolute Gasteiger partial charge is 0.248 e. The molecule has 0 saturated carbocycles. The molecule has 3 aromatic rings. The second kappa shape index (κ2) is 13.3. The molecule has 0 aromatic heterocycles. The molecule has 2 N–H and O–H groups in total. The molecule has 2 aliphatic rings. The molecule has 5 rings (SSSR count). The number of amides is 3. The highest BCUT2D eigenvalue weighted by Gasteiger charge is 2.54. The fourth-order valence-corrected chi connectivity index (χ4v) is 6.44. The highest BCUT2D eigenvalue weighted by Crippen LogP contribution is 2.34. The Morgan fingerprint density at radius 2 is 1.57 bits per heavy atom. The van der Waals surface area contributed by atoms with E-state index in [-0.39, 0.29) is 24.1 Å². The van der Waals surface area contributed by atoms with Crippen LogP contribution in [0.2, 0.25) is 0 Å². The summed E-state index contributed by atoms with van der Waals surface area (Å²) in [5, 5.41) is 6.04. The van der Waals surface area contributed by atoms with Crippen LogP contribution in [0, 0.1) is 0 Å². The standard InChI is InChI=1S/C35H42N4O3/c1-3-21-39-33(41)32(26(2)36-31(40)25-29-16-10-11-17-30(29)28-14-8-5-9-15-28)37-34(42)35(39)19-23-38(24-20-35)22-18-27-12-6-4-7-13-27/h4-17,26,32H,3,18-25H2,1-2H3,(H,36,40)(H,37,42)/t26?,32-/m0/s1. The van der Waals surface area contributed by atoms with Crippen molar-refractivity contribution in [1.82, 2.24) is 20.4 Å². The Bertz CT molecular complexity index is 1370. The third-order valence-electron chi connectivity index (χ3n) is 8.79. The first kappa shape index (κ1) is 29.5. The number of carbonyl (C=O) groups excluding carboxylic acids is 3. The van der Waals surface area contributed by atoms with Crippen LogP contribution >= 0.6 is 0 Å². The van der Waals surface area contributed by atoms with E-state index in [1.807, 2.05) is 72.5 Å². The van der Waals surface area contributed by atoms with Crippen LogP contribution in [-0.4, -0.2) is 71.3 Å². The van der Waals surface area contributed by atoms with Crippen LogP contribution in [0.1, 0.15) is 44.2 Å². The number of hydrogen-bond donors (Lipinski definition) is 2. The van der Waals surface area contributed by atoms with Crippen LogP contribution in [0.15, 0.2) is 84.9 Å².